The molecular weight excluding hydrogens is 396 g/mol. The average molecular weight is 423 g/mol. The Hall–Kier alpha value is -2.42. The van der Waals surface area contributed by atoms with E-state index >= 15 is 0 Å². The zero-order chi connectivity index (χ0) is 21.1. The molecule has 1 aromatic carbocycles. The smallest absolute Gasteiger partial charge is 0.251 e. The predicted octanol–water partition coefficient (Wildman–Crippen LogP) is 2.37. The molecule has 0 radical (unpaired) electrons. The molecule has 0 aromatic heterocycles. The molecule has 1 aromatic rings. The van der Waals surface area contributed by atoms with Crippen molar-refractivity contribution in [3.8, 4) is 11.5 Å². The number of alkyl halides is 2. The molecule has 9 heteroatoms. The Bertz CT molecular complexity index is 794. The lowest BCUT2D eigenvalue weighted by atomic mass is 9.95. The Labute approximate surface area is 174 Å². The van der Waals surface area contributed by atoms with Crippen LogP contribution in [0.2, 0.25) is 0 Å². The van der Waals surface area contributed by atoms with Crippen LogP contribution in [0.1, 0.15) is 25.7 Å². The number of fused-ring (bicyclic) bond motifs is 1. The third-order valence-corrected chi connectivity index (χ3v) is 5.85. The number of nitrogens with zero attached hydrogens (tertiary/aromatic N) is 2. The highest BCUT2D eigenvalue weighted by Crippen LogP contribution is 2.33. The van der Waals surface area contributed by atoms with Gasteiger partial charge in [-0.2, -0.15) is 0 Å². The molecule has 0 aliphatic carbocycles. The van der Waals surface area contributed by atoms with Crippen molar-refractivity contribution in [3.05, 3.63) is 18.2 Å². The number of nitrogens with one attached hydrogen (secondary N) is 1. The summed E-state index contributed by atoms with van der Waals surface area (Å²) < 4.78 is 37.7. The third kappa shape index (κ3) is 5.00. The Kier molecular flexibility index (Phi) is 6.08. The zero-order valence-electron chi connectivity index (χ0n) is 16.9. The molecule has 1 unspecified atom stereocenters. The highest BCUT2D eigenvalue weighted by Gasteiger charge is 2.38. The van der Waals surface area contributed by atoms with E-state index in [1.54, 1.807) is 23.1 Å². The van der Waals surface area contributed by atoms with Gasteiger partial charge in [-0.25, -0.2) is 8.78 Å². The number of halogens is 2. The largest absolute Gasteiger partial charge is 0.486 e. The zero-order valence-corrected chi connectivity index (χ0v) is 16.9. The minimum absolute atomic E-state index is 0.0672. The number of carbonyl (C=O) groups excluding carboxylic acids is 2. The number of piperidine rings is 2. The minimum Gasteiger partial charge on any atom is -0.486 e. The van der Waals surface area contributed by atoms with Gasteiger partial charge in [-0.05, 0) is 31.5 Å². The van der Waals surface area contributed by atoms with Gasteiger partial charge in [-0.1, -0.05) is 0 Å². The number of ether oxygens (including phenoxy) is 2. The van der Waals surface area contributed by atoms with E-state index in [1.807, 2.05) is 4.90 Å². The Morgan fingerprint density at radius 3 is 2.60 bits per heavy atom. The number of hydrogen-bond donors (Lipinski definition) is 1. The Morgan fingerprint density at radius 2 is 1.83 bits per heavy atom. The van der Waals surface area contributed by atoms with E-state index in [2.05, 4.69) is 5.32 Å². The van der Waals surface area contributed by atoms with Crippen LogP contribution in [-0.2, 0) is 9.59 Å². The van der Waals surface area contributed by atoms with Crippen LogP contribution in [0.15, 0.2) is 18.2 Å². The molecule has 3 aliphatic rings. The predicted molar refractivity (Wildman–Crippen MR) is 106 cm³/mol. The summed E-state index contributed by atoms with van der Waals surface area (Å²) in [7, 11) is 0. The van der Waals surface area contributed by atoms with Crippen molar-refractivity contribution < 1.29 is 27.8 Å². The van der Waals surface area contributed by atoms with Crippen molar-refractivity contribution in [3.63, 3.8) is 0 Å². The van der Waals surface area contributed by atoms with Crippen LogP contribution < -0.4 is 14.8 Å². The Balaban J connectivity index is 1.28. The van der Waals surface area contributed by atoms with Gasteiger partial charge in [0.25, 0.3) is 5.92 Å². The van der Waals surface area contributed by atoms with E-state index < -0.39 is 5.92 Å². The number of benzene rings is 1. The van der Waals surface area contributed by atoms with E-state index in [-0.39, 0.29) is 50.2 Å². The van der Waals surface area contributed by atoms with E-state index in [0.29, 0.717) is 36.9 Å². The van der Waals surface area contributed by atoms with Crippen LogP contribution in [0.5, 0.6) is 11.5 Å². The quantitative estimate of drug-likeness (QED) is 0.805. The standard InChI is InChI=1S/C21H27F2N3O4/c22-21(23)5-8-26(9-6-21)20(28)15-2-1-7-25(13-15)14-19(27)24-16-3-4-17-18(12-16)30-11-10-29-17/h3-4,12,15H,1-2,5-11,13-14H2,(H,24,27). The van der Waals surface area contributed by atoms with Crippen molar-refractivity contribution in [2.75, 3.05) is 51.3 Å². The summed E-state index contributed by atoms with van der Waals surface area (Å²) in [5, 5.41) is 2.86. The lowest BCUT2D eigenvalue weighted by Gasteiger charge is -2.37. The first-order valence-electron chi connectivity index (χ1n) is 10.5. The van der Waals surface area contributed by atoms with Gasteiger partial charge < -0.3 is 19.7 Å². The fraction of sp³-hybridized carbons (Fsp3) is 0.619. The normalized spacial score (nSPS) is 23.7. The molecule has 7 nitrogen and oxygen atoms in total. The molecule has 0 spiro atoms. The summed E-state index contributed by atoms with van der Waals surface area (Å²) in [5.74, 6) is -1.88. The highest BCUT2D eigenvalue weighted by molar-refractivity contribution is 5.92. The van der Waals surface area contributed by atoms with Gasteiger partial charge in [-0.15, -0.1) is 0 Å². The molecule has 4 rings (SSSR count). The molecule has 3 heterocycles. The van der Waals surface area contributed by atoms with Gasteiger partial charge >= 0.3 is 0 Å². The van der Waals surface area contributed by atoms with Crippen molar-refractivity contribution >= 4 is 17.5 Å². The SMILES string of the molecule is O=C(CN1CCCC(C(=O)N2CCC(F)(F)CC2)C1)Nc1ccc2c(c1)OCCO2. The monoisotopic (exact) mass is 423 g/mol. The Morgan fingerprint density at radius 1 is 1.10 bits per heavy atom. The molecule has 1 N–H and O–H groups in total. The third-order valence-electron chi connectivity index (χ3n) is 5.85. The first kappa shape index (κ1) is 20.8. The van der Waals surface area contributed by atoms with Crippen molar-refractivity contribution in [1.29, 1.82) is 0 Å². The number of carbonyl (C=O) groups is 2. The maximum absolute atomic E-state index is 13.4. The van der Waals surface area contributed by atoms with Crippen molar-refractivity contribution in [2.45, 2.75) is 31.6 Å². The summed E-state index contributed by atoms with van der Waals surface area (Å²) in [4.78, 5) is 28.8. The van der Waals surface area contributed by atoms with Crippen LogP contribution >= 0.6 is 0 Å². The second-order valence-electron chi connectivity index (χ2n) is 8.16. The van der Waals surface area contributed by atoms with Crippen molar-refractivity contribution in [1.82, 2.24) is 9.80 Å². The van der Waals surface area contributed by atoms with E-state index in [0.717, 1.165) is 19.4 Å². The summed E-state index contributed by atoms with van der Waals surface area (Å²) in [6, 6.07) is 5.27. The summed E-state index contributed by atoms with van der Waals surface area (Å²) >= 11 is 0. The topological polar surface area (TPSA) is 71.1 Å². The minimum atomic E-state index is -2.67. The van der Waals surface area contributed by atoms with Crippen LogP contribution in [0.4, 0.5) is 14.5 Å². The average Bonchev–Trinajstić information content (AvgIpc) is 2.73. The second kappa shape index (κ2) is 8.75. The molecule has 0 saturated carbocycles. The molecule has 1 atom stereocenters. The van der Waals surface area contributed by atoms with Crippen molar-refractivity contribution in [2.24, 2.45) is 5.92 Å². The molecule has 3 aliphatic heterocycles. The summed E-state index contributed by atoms with van der Waals surface area (Å²) in [5.41, 5.74) is 0.628. The maximum atomic E-state index is 13.4. The number of anilines is 1. The number of rotatable bonds is 4. The van der Waals surface area contributed by atoms with Crippen LogP contribution in [0.25, 0.3) is 0 Å². The van der Waals surface area contributed by atoms with E-state index in [4.69, 9.17) is 9.47 Å². The molecule has 2 fully saturated rings. The van der Waals surface area contributed by atoms with Gasteiger partial charge in [0.1, 0.15) is 13.2 Å². The lowest BCUT2D eigenvalue weighted by molar-refractivity contribution is -0.143. The van der Waals surface area contributed by atoms with E-state index in [9.17, 15) is 18.4 Å². The van der Waals surface area contributed by atoms with Crippen LogP contribution in [-0.4, -0.2) is 73.5 Å². The summed E-state index contributed by atoms with van der Waals surface area (Å²) in [6.07, 6.45) is 0.990. The van der Waals surface area contributed by atoms with E-state index in [1.165, 1.54) is 0 Å². The molecular formula is C21H27F2N3O4. The maximum Gasteiger partial charge on any atom is 0.251 e. The first-order chi connectivity index (χ1) is 14.4. The number of amides is 2. The van der Waals surface area contributed by atoms with Gasteiger partial charge in [0.05, 0.1) is 12.5 Å². The second-order valence-corrected chi connectivity index (χ2v) is 8.16. The lowest BCUT2D eigenvalue weighted by Crippen LogP contribution is -2.49. The fourth-order valence-corrected chi connectivity index (χ4v) is 4.24. The highest BCUT2D eigenvalue weighted by atomic mass is 19.3. The molecule has 0 bridgehead atoms. The van der Waals surface area contributed by atoms with Gasteiger partial charge in [0, 0.05) is 44.2 Å². The molecule has 164 valence electrons. The van der Waals surface area contributed by atoms with Gasteiger partial charge in [0.15, 0.2) is 11.5 Å². The molecule has 2 saturated heterocycles. The first-order valence-corrected chi connectivity index (χ1v) is 10.5. The van der Waals surface area contributed by atoms with Gasteiger partial charge in [-0.3, -0.25) is 14.5 Å². The molecule has 2 amide bonds. The molecule has 30 heavy (non-hydrogen) atoms. The van der Waals surface area contributed by atoms with Crippen LogP contribution in [0.3, 0.4) is 0 Å². The number of hydrogen-bond acceptors (Lipinski definition) is 5. The summed E-state index contributed by atoms with van der Waals surface area (Å²) in [6.45, 7) is 2.57. The van der Waals surface area contributed by atoms with Gasteiger partial charge in [0.2, 0.25) is 11.8 Å². The fourth-order valence-electron chi connectivity index (χ4n) is 4.24. The van der Waals surface area contributed by atoms with Crippen LogP contribution in [0, 0.1) is 5.92 Å². The number of likely N-dealkylation sites (tertiary alicyclic amines) is 2.